The van der Waals surface area contributed by atoms with Gasteiger partial charge in [-0.05, 0) is 43.1 Å². The molecule has 5 nitrogen and oxygen atoms in total. The molecule has 1 N–H and O–H groups in total. The number of hydrogen-bond donors (Lipinski definition) is 1. The number of anilines is 1. The van der Waals surface area contributed by atoms with E-state index in [9.17, 15) is 0 Å². The normalized spacial score (nSPS) is 9.68. The van der Waals surface area contributed by atoms with Crippen LogP contribution in [0.15, 0.2) is 41.7 Å². The Morgan fingerprint density at radius 1 is 1.42 bits per heavy atom. The third-order valence-electron chi connectivity index (χ3n) is 2.23. The predicted octanol–water partition coefficient (Wildman–Crippen LogP) is 2.87. The van der Waals surface area contributed by atoms with Crippen molar-refractivity contribution in [3.8, 4) is 11.8 Å². The number of ether oxygens (including phenoxy) is 1. The topological polar surface area (TPSA) is 70.8 Å². The molecule has 0 amide bonds. The van der Waals surface area contributed by atoms with Crippen LogP contribution in [0.5, 0.6) is 5.75 Å². The second kappa shape index (κ2) is 6.61. The van der Waals surface area contributed by atoms with E-state index in [4.69, 9.17) is 10.00 Å². The molecular weight excluding hydrogens is 260 g/mol. The maximum Gasteiger partial charge on any atom is 0.139 e. The van der Waals surface area contributed by atoms with Gasteiger partial charge in [0, 0.05) is 11.1 Å². The van der Waals surface area contributed by atoms with Crippen LogP contribution in [0, 0.1) is 11.3 Å². The molecule has 0 saturated carbocycles. The maximum atomic E-state index is 9.07. The highest BCUT2D eigenvalue weighted by atomic mass is 32.2. The van der Waals surface area contributed by atoms with Crippen LogP contribution in [0.1, 0.15) is 12.5 Å². The summed E-state index contributed by atoms with van der Waals surface area (Å²) in [5.41, 5.74) is 0.524. The number of hydrogen-bond acceptors (Lipinski definition) is 6. The quantitative estimate of drug-likeness (QED) is 0.844. The monoisotopic (exact) mass is 272 g/mol. The Kier molecular flexibility index (Phi) is 4.59. The first-order chi connectivity index (χ1) is 9.33. The summed E-state index contributed by atoms with van der Waals surface area (Å²) in [6.07, 6.45) is 3.14. The van der Waals surface area contributed by atoms with Crippen molar-refractivity contribution in [3.05, 3.63) is 42.4 Å². The van der Waals surface area contributed by atoms with Crippen LogP contribution < -0.4 is 9.46 Å². The van der Waals surface area contributed by atoms with Gasteiger partial charge >= 0.3 is 0 Å². The zero-order valence-electron chi connectivity index (χ0n) is 10.3. The maximum absolute atomic E-state index is 9.07. The molecule has 1 heterocycles. The highest BCUT2D eigenvalue weighted by molar-refractivity contribution is 8.00. The summed E-state index contributed by atoms with van der Waals surface area (Å²) in [7, 11) is 0. The average Bonchev–Trinajstić information content (AvgIpc) is 2.47. The molecule has 19 heavy (non-hydrogen) atoms. The molecule has 6 heteroatoms. The number of nitrogens with zero attached hydrogens (tertiary/aromatic N) is 3. The summed E-state index contributed by atoms with van der Waals surface area (Å²) < 4.78 is 8.45. The highest BCUT2D eigenvalue weighted by Gasteiger charge is 2.05. The number of nitrogens with one attached hydrogen (secondary N) is 1. The fourth-order valence-electron chi connectivity index (χ4n) is 1.40. The van der Waals surface area contributed by atoms with Crippen molar-refractivity contribution in [1.82, 2.24) is 9.97 Å². The molecule has 0 radical (unpaired) electrons. The van der Waals surface area contributed by atoms with Gasteiger partial charge in [-0.3, -0.25) is 0 Å². The largest absolute Gasteiger partial charge is 0.492 e. The van der Waals surface area contributed by atoms with Crippen LogP contribution in [0.3, 0.4) is 0 Å². The predicted molar refractivity (Wildman–Crippen MR) is 73.8 cm³/mol. The molecule has 0 aliphatic carbocycles. The van der Waals surface area contributed by atoms with E-state index in [-0.39, 0.29) is 0 Å². The lowest BCUT2D eigenvalue weighted by Crippen LogP contribution is -1.95. The van der Waals surface area contributed by atoms with Crippen molar-refractivity contribution >= 4 is 17.8 Å². The molecule has 1 aromatic heterocycles. The second-order valence-corrected chi connectivity index (χ2v) is 4.38. The van der Waals surface area contributed by atoms with Crippen LogP contribution in [-0.2, 0) is 0 Å². The molecule has 0 fully saturated rings. The Bertz CT molecular complexity index is 583. The molecule has 2 rings (SSSR count). The Morgan fingerprint density at radius 2 is 2.32 bits per heavy atom. The second-order valence-electron chi connectivity index (χ2n) is 3.50. The van der Waals surface area contributed by atoms with Crippen molar-refractivity contribution in [2.75, 3.05) is 11.3 Å². The van der Waals surface area contributed by atoms with Gasteiger partial charge in [0.05, 0.1) is 12.2 Å². The third kappa shape index (κ3) is 3.60. The van der Waals surface area contributed by atoms with Crippen LogP contribution in [0.2, 0.25) is 0 Å². The number of nitriles is 1. The zero-order valence-corrected chi connectivity index (χ0v) is 11.1. The molecule has 0 aliphatic heterocycles. The van der Waals surface area contributed by atoms with Crippen molar-refractivity contribution in [2.24, 2.45) is 0 Å². The van der Waals surface area contributed by atoms with Gasteiger partial charge in [-0.15, -0.1) is 0 Å². The van der Waals surface area contributed by atoms with Crippen LogP contribution in [0.4, 0.5) is 5.82 Å². The SMILES string of the molecule is CCOc1ccc(SNc2ccncn2)cc1C#N. The van der Waals surface area contributed by atoms with Gasteiger partial charge in [-0.1, -0.05) is 0 Å². The van der Waals surface area contributed by atoms with E-state index >= 15 is 0 Å². The van der Waals surface area contributed by atoms with Gasteiger partial charge in [0.1, 0.15) is 24.0 Å². The molecular formula is C13H12N4OS. The minimum atomic E-state index is 0.524. The number of aromatic nitrogens is 2. The molecule has 0 atom stereocenters. The van der Waals surface area contributed by atoms with Gasteiger partial charge in [-0.2, -0.15) is 5.26 Å². The van der Waals surface area contributed by atoms with Crippen LogP contribution in [0.25, 0.3) is 0 Å². The Hall–Kier alpha value is -2.26. The van der Waals surface area contributed by atoms with E-state index in [0.717, 1.165) is 4.90 Å². The molecule has 0 saturated heterocycles. The fourth-order valence-corrected chi connectivity index (χ4v) is 2.06. The average molecular weight is 272 g/mol. The van der Waals surface area contributed by atoms with E-state index in [1.165, 1.54) is 18.3 Å². The van der Waals surface area contributed by atoms with Crippen molar-refractivity contribution in [1.29, 1.82) is 5.26 Å². The molecule has 0 unspecified atom stereocenters. The van der Waals surface area contributed by atoms with E-state index in [1.807, 2.05) is 13.0 Å². The Labute approximate surface area is 115 Å². The molecule has 0 spiro atoms. The molecule has 1 aromatic carbocycles. The van der Waals surface area contributed by atoms with Gasteiger partial charge in [0.2, 0.25) is 0 Å². The summed E-state index contributed by atoms with van der Waals surface area (Å²) in [6, 6.07) is 9.37. The van der Waals surface area contributed by atoms with E-state index < -0.39 is 0 Å². The molecule has 96 valence electrons. The minimum absolute atomic E-state index is 0.524. The summed E-state index contributed by atoms with van der Waals surface area (Å²) in [6.45, 7) is 2.43. The van der Waals surface area contributed by atoms with Crippen molar-refractivity contribution in [2.45, 2.75) is 11.8 Å². The van der Waals surface area contributed by atoms with Gasteiger partial charge in [-0.25, -0.2) is 9.97 Å². The minimum Gasteiger partial charge on any atom is -0.492 e. The van der Waals surface area contributed by atoms with Crippen LogP contribution in [-0.4, -0.2) is 16.6 Å². The first-order valence-electron chi connectivity index (χ1n) is 5.69. The van der Waals surface area contributed by atoms with E-state index in [0.29, 0.717) is 23.7 Å². The summed E-state index contributed by atoms with van der Waals surface area (Å²) in [5, 5.41) is 9.07. The van der Waals surface area contributed by atoms with Gasteiger partial charge in [0.25, 0.3) is 0 Å². The van der Waals surface area contributed by atoms with E-state index in [2.05, 4.69) is 20.8 Å². The molecule has 0 aliphatic rings. The first kappa shape index (κ1) is 13.2. The third-order valence-corrected chi connectivity index (χ3v) is 3.03. The van der Waals surface area contributed by atoms with Gasteiger partial charge in [0.15, 0.2) is 0 Å². The Balaban J connectivity index is 2.07. The smallest absolute Gasteiger partial charge is 0.139 e. The van der Waals surface area contributed by atoms with Crippen LogP contribution >= 0.6 is 11.9 Å². The summed E-state index contributed by atoms with van der Waals surface area (Å²) in [4.78, 5) is 8.81. The summed E-state index contributed by atoms with van der Waals surface area (Å²) >= 11 is 1.38. The standard InChI is InChI=1S/C13H12N4OS/c1-2-18-12-4-3-11(7-10(12)8-14)19-17-13-5-6-15-9-16-13/h3-7,9H,2H2,1H3,(H,15,16,17). The van der Waals surface area contributed by atoms with Crippen molar-refractivity contribution < 1.29 is 4.74 Å². The van der Waals surface area contributed by atoms with Crippen molar-refractivity contribution in [3.63, 3.8) is 0 Å². The summed E-state index contributed by atoms with van der Waals surface area (Å²) in [5.74, 6) is 1.32. The highest BCUT2D eigenvalue weighted by Crippen LogP contribution is 2.26. The lowest BCUT2D eigenvalue weighted by atomic mass is 10.2. The fraction of sp³-hybridized carbons (Fsp3) is 0.154. The van der Waals surface area contributed by atoms with Gasteiger partial charge < -0.3 is 9.46 Å². The lowest BCUT2D eigenvalue weighted by molar-refractivity contribution is 0.339. The molecule has 2 aromatic rings. The van der Waals surface area contributed by atoms with E-state index in [1.54, 1.807) is 24.4 Å². The first-order valence-corrected chi connectivity index (χ1v) is 6.51. The zero-order chi connectivity index (χ0) is 13.5. The number of benzene rings is 1. The molecule has 0 bridgehead atoms. The lowest BCUT2D eigenvalue weighted by Gasteiger charge is -2.08. The Morgan fingerprint density at radius 3 is 3.00 bits per heavy atom. The number of rotatable bonds is 5.